The number of benzene rings is 1. The first kappa shape index (κ1) is 19.8. The van der Waals surface area contributed by atoms with E-state index in [0.29, 0.717) is 6.42 Å². The van der Waals surface area contributed by atoms with E-state index in [1.54, 1.807) is 0 Å². The van der Waals surface area contributed by atoms with E-state index < -0.39 is 6.10 Å². The fraction of sp³-hybridized carbons (Fsp3) is 0.619. The highest BCUT2D eigenvalue weighted by Crippen LogP contribution is 2.28. The number of aliphatic hydroxyl groups excluding tert-OH is 1. The lowest BCUT2D eigenvalue weighted by molar-refractivity contribution is -0.139. The molecule has 27 heavy (non-hydrogen) atoms. The molecule has 2 fully saturated rings. The summed E-state index contributed by atoms with van der Waals surface area (Å²) in [5.41, 5.74) is 1.06. The molecule has 3 rings (SSSR count). The van der Waals surface area contributed by atoms with Gasteiger partial charge < -0.3 is 20.5 Å². The number of nitrogens with one attached hydrogen (secondary N) is 2. The first-order chi connectivity index (χ1) is 13.1. The summed E-state index contributed by atoms with van der Waals surface area (Å²) in [7, 11) is 0. The Balaban J connectivity index is 1.46. The van der Waals surface area contributed by atoms with Crippen LogP contribution in [0.1, 0.15) is 57.1 Å². The predicted octanol–water partition coefficient (Wildman–Crippen LogP) is 2.08. The number of amides is 2. The van der Waals surface area contributed by atoms with Gasteiger partial charge in [0.25, 0.3) is 0 Å². The Kier molecular flexibility index (Phi) is 6.85. The Morgan fingerprint density at radius 2 is 1.93 bits per heavy atom. The molecule has 0 radical (unpaired) electrons. The van der Waals surface area contributed by atoms with Gasteiger partial charge in [0.15, 0.2) is 0 Å². The van der Waals surface area contributed by atoms with Gasteiger partial charge in [-0.25, -0.2) is 0 Å². The second-order valence-electron chi connectivity index (χ2n) is 7.70. The molecule has 2 amide bonds. The Labute approximate surface area is 160 Å². The molecule has 2 aliphatic rings. The lowest BCUT2D eigenvalue weighted by Gasteiger charge is -2.37. The van der Waals surface area contributed by atoms with Crippen molar-refractivity contribution >= 4 is 11.8 Å². The molecule has 1 saturated heterocycles. The highest BCUT2D eigenvalue weighted by Gasteiger charge is 2.35. The minimum absolute atomic E-state index is 0.0644. The van der Waals surface area contributed by atoms with Crippen molar-refractivity contribution in [1.29, 1.82) is 0 Å². The molecule has 0 unspecified atom stereocenters. The van der Waals surface area contributed by atoms with Crippen LogP contribution in [0.25, 0.3) is 0 Å². The summed E-state index contributed by atoms with van der Waals surface area (Å²) in [5, 5.41) is 15.7. The maximum atomic E-state index is 12.4. The van der Waals surface area contributed by atoms with Gasteiger partial charge in [0.2, 0.25) is 11.8 Å². The minimum Gasteiger partial charge on any atom is -0.394 e. The topological polar surface area (TPSA) is 87.7 Å². The van der Waals surface area contributed by atoms with Gasteiger partial charge in [-0.15, -0.1) is 0 Å². The molecular weight excluding hydrogens is 344 g/mol. The maximum Gasteiger partial charge on any atom is 0.223 e. The van der Waals surface area contributed by atoms with Crippen molar-refractivity contribution in [2.75, 3.05) is 6.61 Å². The number of carbonyl (C=O) groups is 2. The smallest absolute Gasteiger partial charge is 0.223 e. The van der Waals surface area contributed by atoms with Crippen LogP contribution >= 0.6 is 0 Å². The zero-order valence-corrected chi connectivity index (χ0v) is 15.9. The van der Waals surface area contributed by atoms with Crippen molar-refractivity contribution in [3.05, 3.63) is 35.9 Å². The molecule has 1 heterocycles. The van der Waals surface area contributed by atoms with Crippen molar-refractivity contribution in [2.45, 2.75) is 69.7 Å². The maximum absolute atomic E-state index is 12.4. The molecular formula is C21H30N2O4. The molecule has 1 aliphatic carbocycles. The first-order valence-electron chi connectivity index (χ1n) is 9.97. The third-order valence-electron chi connectivity index (χ3n) is 5.69. The number of carbonyl (C=O) groups excluding carboxylic acids is 2. The van der Waals surface area contributed by atoms with E-state index in [-0.39, 0.29) is 48.9 Å². The summed E-state index contributed by atoms with van der Waals surface area (Å²) in [6.45, 7) is 1.80. The van der Waals surface area contributed by atoms with Crippen LogP contribution in [0.4, 0.5) is 0 Å². The summed E-state index contributed by atoms with van der Waals surface area (Å²) in [5.74, 6) is 0.124. The van der Waals surface area contributed by atoms with Gasteiger partial charge >= 0.3 is 0 Å². The highest BCUT2D eigenvalue weighted by atomic mass is 16.5. The normalized spacial score (nSPS) is 26.7. The Hall–Kier alpha value is -1.92. The highest BCUT2D eigenvalue weighted by molar-refractivity contribution is 5.79. The SMILES string of the molecule is C[C@@H](NC(=O)C[C@@H]1CC[C@@H](NC(=O)C2CCC2)[C@H](CO)O1)c1ccccc1. The second-order valence-corrected chi connectivity index (χ2v) is 7.70. The Bertz CT molecular complexity index is 632. The van der Waals surface area contributed by atoms with Gasteiger partial charge in [0.05, 0.1) is 31.2 Å². The van der Waals surface area contributed by atoms with Crippen LogP contribution in [-0.4, -0.2) is 41.8 Å². The third kappa shape index (κ3) is 5.30. The molecule has 1 aromatic rings. The number of hydrogen-bond acceptors (Lipinski definition) is 4. The molecule has 0 aromatic heterocycles. The van der Waals surface area contributed by atoms with Gasteiger partial charge in [0.1, 0.15) is 6.10 Å². The molecule has 0 bridgehead atoms. The van der Waals surface area contributed by atoms with Crippen molar-refractivity contribution < 1.29 is 19.4 Å². The molecule has 6 heteroatoms. The minimum atomic E-state index is -0.452. The van der Waals surface area contributed by atoms with Gasteiger partial charge in [-0.1, -0.05) is 36.8 Å². The van der Waals surface area contributed by atoms with Crippen molar-refractivity contribution in [3.8, 4) is 0 Å². The molecule has 4 atom stereocenters. The lowest BCUT2D eigenvalue weighted by atomic mass is 9.84. The summed E-state index contributed by atoms with van der Waals surface area (Å²) >= 11 is 0. The Morgan fingerprint density at radius 1 is 1.19 bits per heavy atom. The van der Waals surface area contributed by atoms with Crippen LogP contribution in [0.3, 0.4) is 0 Å². The van der Waals surface area contributed by atoms with Crippen LogP contribution in [0.5, 0.6) is 0 Å². The predicted molar refractivity (Wildman–Crippen MR) is 102 cm³/mol. The zero-order valence-electron chi connectivity index (χ0n) is 15.9. The summed E-state index contributed by atoms with van der Waals surface area (Å²) in [4.78, 5) is 24.5. The molecule has 6 nitrogen and oxygen atoms in total. The summed E-state index contributed by atoms with van der Waals surface area (Å²) < 4.78 is 5.91. The quantitative estimate of drug-likeness (QED) is 0.682. The van der Waals surface area contributed by atoms with Gasteiger partial charge in [0, 0.05) is 5.92 Å². The summed E-state index contributed by atoms with van der Waals surface area (Å²) in [6, 6.07) is 9.58. The molecule has 1 saturated carbocycles. The average molecular weight is 374 g/mol. The Morgan fingerprint density at radius 3 is 2.56 bits per heavy atom. The molecule has 1 aliphatic heterocycles. The van der Waals surface area contributed by atoms with Crippen LogP contribution < -0.4 is 10.6 Å². The third-order valence-corrected chi connectivity index (χ3v) is 5.69. The number of hydrogen-bond donors (Lipinski definition) is 3. The fourth-order valence-corrected chi connectivity index (χ4v) is 3.75. The molecule has 148 valence electrons. The monoisotopic (exact) mass is 374 g/mol. The molecule has 0 spiro atoms. The van der Waals surface area contributed by atoms with E-state index in [4.69, 9.17) is 4.74 Å². The van der Waals surface area contributed by atoms with Crippen molar-refractivity contribution in [1.82, 2.24) is 10.6 Å². The van der Waals surface area contributed by atoms with Gasteiger partial charge in [-0.3, -0.25) is 9.59 Å². The zero-order chi connectivity index (χ0) is 19.2. The van der Waals surface area contributed by atoms with Crippen LogP contribution in [0.2, 0.25) is 0 Å². The van der Waals surface area contributed by atoms with E-state index in [1.165, 1.54) is 0 Å². The standard InChI is InChI=1S/C21H30N2O4/c1-14(15-6-3-2-4-7-15)22-20(25)12-17-10-11-18(19(13-24)27-17)23-21(26)16-8-5-9-16/h2-4,6-7,14,16-19,24H,5,8-13H2,1H3,(H,22,25)(H,23,26)/t14-,17+,18-,19+/m1/s1. The first-order valence-corrected chi connectivity index (χ1v) is 9.97. The van der Waals surface area contributed by atoms with Gasteiger partial charge in [-0.05, 0) is 38.2 Å². The van der Waals surface area contributed by atoms with Crippen molar-refractivity contribution in [2.24, 2.45) is 5.92 Å². The average Bonchev–Trinajstić information content (AvgIpc) is 2.62. The molecule has 3 N–H and O–H groups in total. The number of aliphatic hydroxyl groups is 1. The van der Waals surface area contributed by atoms with E-state index in [9.17, 15) is 14.7 Å². The largest absolute Gasteiger partial charge is 0.394 e. The van der Waals surface area contributed by atoms with Crippen molar-refractivity contribution in [3.63, 3.8) is 0 Å². The van der Waals surface area contributed by atoms with E-state index in [0.717, 1.165) is 31.2 Å². The number of rotatable bonds is 7. The van der Waals surface area contributed by atoms with Gasteiger partial charge in [-0.2, -0.15) is 0 Å². The van der Waals surface area contributed by atoms with E-state index in [1.807, 2.05) is 37.3 Å². The van der Waals surface area contributed by atoms with E-state index in [2.05, 4.69) is 10.6 Å². The van der Waals surface area contributed by atoms with Crippen LogP contribution in [0.15, 0.2) is 30.3 Å². The molecule has 1 aromatic carbocycles. The summed E-state index contributed by atoms with van der Waals surface area (Å²) in [6.07, 6.45) is 4.00. The van der Waals surface area contributed by atoms with Crippen LogP contribution in [-0.2, 0) is 14.3 Å². The van der Waals surface area contributed by atoms with E-state index >= 15 is 0 Å². The number of ether oxygens (including phenoxy) is 1. The lowest BCUT2D eigenvalue weighted by Crippen LogP contribution is -2.53. The fourth-order valence-electron chi connectivity index (χ4n) is 3.75. The second kappa shape index (κ2) is 9.33. The van der Waals surface area contributed by atoms with Crippen LogP contribution in [0, 0.1) is 5.92 Å².